The molecule has 1 aliphatic heterocycles. The number of nitrogens with one attached hydrogen (secondary N) is 2. The first-order valence-electron chi connectivity index (χ1n) is 8.18. The van der Waals surface area contributed by atoms with Crippen molar-refractivity contribution in [3.63, 3.8) is 0 Å². The van der Waals surface area contributed by atoms with Crippen LogP contribution in [-0.2, 0) is 23.0 Å². The number of aromatic amines is 1. The SMILES string of the molecule is O=S(=O)(Nc1ccccc1-c1nnc2n1CCCCC2)c1cn[nH]c1. The molecule has 130 valence electrons. The number of anilines is 1. The van der Waals surface area contributed by atoms with Gasteiger partial charge in [0.05, 0.1) is 11.9 Å². The van der Waals surface area contributed by atoms with E-state index in [0.29, 0.717) is 11.5 Å². The van der Waals surface area contributed by atoms with E-state index in [1.807, 2.05) is 12.1 Å². The molecule has 0 bridgehead atoms. The van der Waals surface area contributed by atoms with Crippen molar-refractivity contribution < 1.29 is 8.42 Å². The van der Waals surface area contributed by atoms with Gasteiger partial charge in [-0.2, -0.15) is 5.10 Å². The van der Waals surface area contributed by atoms with E-state index in [-0.39, 0.29) is 4.90 Å². The van der Waals surface area contributed by atoms with E-state index in [0.717, 1.165) is 43.6 Å². The van der Waals surface area contributed by atoms with Crippen molar-refractivity contribution in [2.24, 2.45) is 0 Å². The summed E-state index contributed by atoms with van der Waals surface area (Å²) in [6.07, 6.45) is 6.85. The third-order valence-corrected chi connectivity index (χ3v) is 5.64. The van der Waals surface area contributed by atoms with Crippen LogP contribution in [0.25, 0.3) is 11.4 Å². The first kappa shape index (κ1) is 15.8. The molecule has 0 saturated heterocycles. The van der Waals surface area contributed by atoms with Crippen molar-refractivity contribution >= 4 is 15.7 Å². The fraction of sp³-hybridized carbons (Fsp3) is 0.312. The normalized spacial score (nSPS) is 14.7. The summed E-state index contributed by atoms with van der Waals surface area (Å²) in [7, 11) is -3.71. The number of aryl methyl sites for hydroxylation is 1. The topological polar surface area (TPSA) is 106 Å². The van der Waals surface area contributed by atoms with Gasteiger partial charge in [-0.25, -0.2) is 8.42 Å². The molecule has 2 N–H and O–H groups in total. The van der Waals surface area contributed by atoms with Crippen LogP contribution in [-0.4, -0.2) is 33.4 Å². The zero-order chi connectivity index (χ0) is 17.3. The molecule has 3 aromatic rings. The van der Waals surface area contributed by atoms with Crippen LogP contribution in [0.2, 0.25) is 0 Å². The molecule has 3 heterocycles. The Kier molecular flexibility index (Phi) is 4.00. The Bertz CT molecular complexity index is 978. The maximum Gasteiger partial charge on any atom is 0.265 e. The average molecular weight is 358 g/mol. The van der Waals surface area contributed by atoms with E-state index in [1.54, 1.807) is 12.1 Å². The van der Waals surface area contributed by atoms with E-state index in [2.05, 4.69) is 29.7 Å². The van der Waals surface area contributed by atoms with Gasteiger partial charge >= 0.3 is 0 Å². The molecule has 4 rings (SSSR count). The molecule has 0 aliphatic carbocycles. The van der Waals surface area contributed by atoms with Gasteiger partial charge in [0.25, 0.3) is 10.0 Å². The summed E-state index contributed by atoms with van der Waals surface area (Å²) in [4.78, 5) is 0.0855. The lowest BCUT2D eigenvalue weighted by atomic mass is 10.1. The van der Waals surface area contributed by atoms with Crippen LogP contribution in [0.5, 0.6) is 0 Å². The average Bonchev–Trinajstić information content (AvgIpc) is 3.22. The van der Waals surface area contributed by atoms with Gasteiger partial charge in [-0.3, -0.25) is 9.82 Å². The lowest BCUT2D eigenvalue weighted by Crippen LogP contribution is -2.13. The summed E-state index contributed by atoms with van der Waals surface area (Å²) in [6, 6.07) is 7.24. The minimum Gasteiger partial charge on any atom is -0.311 e. The fourth-order valence-electron chi connectivity index (χ4n) is 3.04. The molecule has 0 atom stereocenters. The molecule has 0 amide bonds. The van der Waals surface area contributed by atoms with E-state index in [1.165, 1.54) is 12.4 Å². The largest absolute Gasteiger partial charge is 0.311 e. The molecule has 9 heteroatoms. The van der Waals surface area contributed by atoms with Crippen molar-refractivity contribution in [1.29, 1.82) is 0 Å². The van der Waals surface area contributed by atoms with Crippen molar-refractivity contribution in [2.75, 3.05) is 4.72 Å². The quantitative estimate of drug-likeness (QED) is 0.744. The zero-order valence-electron chi connectivity index (χ0n) is 13.5. The van der Waals surface area contributed by atoms with Crippen LogP contribution in [0.4, 0.5) is 5.69 Å². The first-order valence-corrected chi connectivity index (χ1v) is 9.66. The summed E-state index contributed by atoms with van der Waals surface area (Å²) in [5.74, 6) is 1.65. The second-order valence-electron chi connectivity index (χ2n) is 5.99. The predicted molar refractivity (Wildman–Crippen MR) is 92.4 cm³/mol. The van der Waals surface area contributed by atoms with Crippen LogP contribution < -0.4 is 4.72 Å². The number of rotatable bonds is 4. The molecule has 0 unspecified atom stereocenters. The molecular weight excluding hydrogens is 340 g/mol. The third kappa shape index (κ3) is 3.02. The van der Waals surface area contributed by atoms with Crippen molar-refractivity contribution in [1.82, 2.24) is 25.0 Å². The highest BCUT2D eigenvalue weighted by atomic mass is 32.2. The molecule has 1 aliphatic rings. The van der Waals surface area contributed by atoms with E-state index in [9.17, 15) is 8.42 Å². The molecular formula is C16H18N6O2S. The Hall–Kier alpha value is -2.68. The minimum atomic E-state index is -3.71. The minimum absolute atomic E-state index is 0.0855. The molecule has 1 aromatic carbocycles. The zero-order valence-corrected chi connectivity index (χ0v) is 14.3. The number of sulfonamides is 1. The number of H-pyrrole nitrogens is 1. The highest BCUT2D eigenvalue weighted by Crippen LogP contribution is 2.30. The molecule has 8 nitrogen and oxygen atoms in total. The van der Waals surface area contributed by atoms with Crippen LogP contribution in [0, 0.1) is 0 Å². The van der Waals surface area contributed by atoms with Gasteiger partial charge < -0.3 is 4.57 Å². The van der Waals surface area contributed by atoms with Gasteiger partial charge in [-0.05, 0) is 25.0 Å². The summed E-state index contributed by atoms with van der Waals surface area (Å²) in [6.45, 7) is 0.848. The van der Waals surface area contributed by atoms with E-state index < -0.39 is 10.0 Å². The molecule has 0 saturated carbocycles. The smallest absolute Gasteiger partial charge is 0.265 e. The Morgan fingerprint density at radius 2 is 2.00 bits per heavy atom. The van der Waals surface area contributed by atoms with Crippen LogP contribution >= 0.6 is 0 Å². The lowest BCUT2D eigenvalue weighted by Gasteiger charge is -2.13. The standard InChI is InChI=1S/C16H18N6O2S/c23-25(24,12-10-17-18-11-12)21-14-7-4-3-6-13(14)16-20-19-15-8-2-1-5-9-22(15)16/h3-4,6-7,10-11,21H,1-2,5,8-9H2,(H,17,18). The highest BCUT2D eigenvalue weighted by Gasteiger charge is 2.21. The van der Waals surface area contributed by atoms with Gasteiger partial charge in [0.2, 0.25) is 0 Å². The van der Waals surface area contributed by atoms with Gasteiger partial charge in [-0.1, -0.05) is 18.6 Å². The molecule has 0 radical (unpaired) electrons. The Morgan fingerprint density at radius 1 is 1.12 bits per heavy atom. The van der Waals surface area contributed by atoms with Gasteiger partial charge in [0, 0.05) is 24.7 Å². The maximum absolute atomic E-state index is 12.5. The van der Waals surface area contributed by atoms with Crippen molar-refractivity contribution in [2.45, 2.75) is 37.1 Å². The monoisotopic (exact) mass is 358 g/mol. The maximum atomic E-state index is 12.5. The number of hydrogen-bond donors (Lipinski definition) is 2. The highest BCUT2D eigenvalue weighted by molar-refractivity contribution is 7.92. The number of fused-ring (bicyclic) bond motifs is 1. The molecule has 0 fully saturated rings. The second kappa shape index (κ2) is 6.32. The number of aromatic nitrogens is 5. The summed E-state index contributed by atoms with van der Waals surface area (Å²) in [5, 5.41) is 14.8. The van der Waals surface area contributed by atoms with Crippen LogP contribution in [0.1, 0.15) is 25.1 Å². The van der Waals surface area contributed by atoms with Gasteiger partial charge in [0.15, 0.2) is 5.82 Å². The Morgan fingerprint density at radius 3 is 2.84 bits per heavy atom. The van der Waals surface area contributed by atoms with Crippen LogP contribution in [0.3, 0.4) is 0 Å². The fourth-order valence-corrected chi connectivity index (χ4v) is 4.03. The molecule has 2 aromatic heterocycles. The third-order valence-electron chi connectivity index (χ3n) is 4.31. The second-order valence-corrected chi connectivity index (χ2v) is 7.67. The van der Waals surface area contributed by atoms with Crippen LogP contribution in [0.15, 0.2) is 41.6 Å². The number of nitrogens with zero attached hydrogens (tertiary/aromatic N) is 4. The summed E-state index contributed by atoms with van der Waals surface area (Å²) in [5.41, 5.74) is 1.19. The van der Waals surface area contributed by atoms with Gasteiger partial charge in [0.1, 0.15) is 10.7 Å². The van der Waals surface area contributed by atoms with E-state index >= 15 is 0 Å². The number of hydrogen-bond acceptors (Lipinski definition) is 5. The van der Waals surface area contributed by atoms with E-state index in [4.69, 9.17) is 0 Å². The first-order chi connectivity index (χ1) is 12.1. The Labute approximate surface area is 145 Å². The molecule has 0 spiro atoms. The summed E-state index contributed by atoms with van der Waals surface area (Å²) < 4.78 is 29.8. The lowest BCUT2D eigenvalue weighted by molar-refractivity contribution is 0.601. The van der Waals surface area contributed by atoms with Crippen molar-refractivity contribution in [3.05, 3.63) is 42.5 Å². The number of benzene rings is 1. The molecule has 25 heavy (non-hydrogen) atoms. The predicted octanol–water partition coefficient (Wildman–Crippen LogP) is 2.20. The van der Waals surface area contributed by atoms with Gasteiger partial charge in [-0.15, -0.1) is 10.2 Å². The summed E-state index contributed by atoms with van der Waals surface area (Å²) >= 11 is 0. The van der Waals surface area contributed by atoms with Crippen molar-refractivity contribution in [3.8, 4) is 11.4 Å². The Balaban J connectivity index is 1.75. The number of para-hydroxylation sites is 1.